The van der Waals surface area contributed by atoms with Crippen LogP contribution in [-0.4, -0.2) is 42.1 Å². The number of ether oxygens (including phenoxy) is 1. The number of carboxylic acid groups (broad SMARTS) is 1. The minimum absolute atomic E-state index is 0.0175. The molecule has 0 atom stereocenters. The summed E-state index contributed by atoms with van der Waals surface area (Å²) >= 11 is 0. The van der Waals surface area contributed by atoms with Crippen molar-refractivity contribution in [2.45, 2.75) is 26.2 Å². The fourth-order valence-corrected chi connectivity index (χ4v) is 2.76. The zero-order valence-corrected chi connectivity index (χ0v) is 12.5. The number of benzene rings is 1. The highest BCUT2D eigenvalue weighted by Gasteiger charge is 2.25. The molecule has 5 nitrogen and oxygen atoms in total. The van der Waals surface area contributed by atoms with Crippen LogP contribution in [0.25, 0.3) is 0 Å². The van der Waals surface area contributed by atoms with Gasteiger partial charge in [0.15, 0.2) is 0 Å². The number of carboxylic acids is 1. The maximum absolute atomic E-state index is 12.5. The molecule has 1 aromatic carbocycles. The second kappa shape index (κ2) is 6.61. The largest absolute Gasteiger partial charge is 0.497 e. The third kappa shape index (κ3) is 3.74. The summed E-state index contributed by atoms with van der Waals surface area (Å²) in [5, 5.41) is 8.81. The molecule has 0 aliphatic carbocycles. The fraction of sp³-hybridized carbons (Fsp3) is 0.500. The number of aryl methyl sites for hydroxylation is 1. The van der Waals surface area contributed by atoms with Crippen LogP contribution in [-0.2, 0) is 4.79 Å². The van der Waals surface area contributed by atoms with Crippen LogP contribution < -0.4 is 4.74 Å². The molecule has 0 radical (unpaired) electrons. The van der Waals surface area contributed by atoms with E-state index in [1.165, 1.54) is 0 Å². The van der Waals surface area contributed by atoms with Crippen molar-refractivity contribution in [1.29, 1.82) is 0 Å². The van der Waals surface area contributed by atoms with Crippen LogP contribution in [0.5, 0.6) is 5.75 Å². The molecule has 2 rings (SSSR count). The van der Waals surface area contributed by atoms with Crippen molar-refractivity contribution in [2.24, 2.45) is 5.92 Å². The van der Waals surface area contributed by atoms with E-state index in [0.29, 0.717) is 18.7 Å². The highest BCUT2D eigenvalue weighted by atomic mass is 16.5. The molecule has 1 heterocycles. The Morgan fingerprint density at radius 2 is 2.00 bits per heavy atom. The molecule has 1 aliphatic rings. The first kappa shape index (κ1) is 15.4. The van der Waals surface area contributed by atoms with E-state index in [0.717, 1.165) is 24.2 Å². The van der Waals surface area contributed by atoms with Crippen LogP contribution in [0.4, 0.5) is 0 Å². The van der Waals surface area contributed by atoms with Crippen LogP contribution in [0.1, 0.15) is 35.2 Å². The maximum Gasteiger partial charge on any atom is 0.303 e. The Balaban J connectivity index is 2.00. The maximum atomic E-state index is 12.5. The molecule has 1 saturated heterocycles. The number of hydrogen-bond donors (Lipinski definition) is 1. The molecule has 21 heavy (non-hydrogen) atoms. The molecular weight excluding hydrogens is 270 g/mol. The smallest absolute Gasteiger partial charge is 0.303 e. The molecule has 0 bridgehead atoms. The zero-order valence-electron chi connectivity index (χ0n) is 12.5. The number of methoxy groups -OCH3 is 1. The van der Waals surface area contributed by atoms with Crippen molar-refractivity contribution >= 4 is 11.9 Å². The van der Waals surface area contributed by atoms with Gasteiger partial charge in [-0.15, -0.1) is 0 Å². The Morgan fingerprint density at radius 1 is 1.33 bits per heavy atom. The Bertz CT molecular complexity index is 533. The SMILES string of the molecule is COc1ccc(C(=O)N2CCC(CC(=O)O)CC2)c(C)c1. The first-order valence-electron chi connectivity index (χ1n) is 7.17. The second-order valence-corrected chi connectivity index (χ2v) is 5.51. The molecule has 0 aromatic heterocycles. The van der Waals surface area contributed by atoms with E-state index in [1.54, 1.807) is 19.2 Å². The molecule has 1 aromatic rings. The summed E-state index contributed by atoms with van der Waals surface area (Å²) in [5.41, 5.74) is 1.58. The highest BCUT2D eigenvalue weighted by Crippen LogP contribution is 2.24. The molecule has 5 heteroatoms. The molecular formula is C16H21NO4. The topological polar surface area (TPSA) is 66.8 Å². The van der Waals surface area contributed by atoms with Crippen LogP contribution in [0.15, 0.2) is 18.2 Å². The summed E-state index contributed by atoms with van der Waals surface area (Å²) in [6.07, 6.45) is 1.71. The third-order valence-corrected chi connectivity index (χ3v) is 4.03. The van der Waals surface area contributed by atoms with E-state index < -0.39 is 5.97 Å². The average Bonchev–Trinajstić information content (AvgIpc) is 2.46. The molecule has 1 aliphatic heterocycles. The molecule has 0 unspecified atom stereocenters. The summed E-state index contributed by atoms with van der Waals surface area (Å²) < 4.78 is 5.15. The van der Waals surface area contributed by atoms with Gasteiger partial charge in [-0.1, -0.05) is 0 Å². The predicted molar refractivity (Wildman–Crippen MR) is 78.6 cm³/mol. The standard InChI is InChI=1S/C16H21NO4/c1-11-9-13(21-2)3-4-14(11)16(20)17-7-5-12(6-8-17)10-15(18)19/h3-4,9,12H,5-8,10H2,1-2H3,(H,18,19). The lowest BCUT2D eigenvalue weighted by Gasteiger charge is -2.31. The molecule has 114 valence electrons. The number of carbonyl (C=O) groups excluding carboxylic acids is 1. The lowest BCUT2D eigenvalue weighted by Crippen LogP contribution is -2.39. The van der Waals surface area contributed by atoms with Gasteiger partial charge >= 0.3 is 5.97 Å². The van der Waals surface area contributed by atoms with Crippen molar-refractivity contribution in [2.75, 3.05) is 20.2 Å². The average molecular weight is 291 g/mol. The Kier molecular flexibility index (Phi) is 4.83. The lowest BCUT2D eigenvalue weighted by atomic mass is 9.93. The van der Waals surface area contributed by atoms with Gasteiger partial charge in [-0.2, -0.15) is 0 Å². The van der Waals surface area contributed by atoms with E-state index in [2.05, 4.69) is 0 Å². The van der Waals surface area contributed by atoms with E-state index in [9.17, 15) is 9.59 Å². The second-order valence-electron chi connectivity index (χ2n) is 5.51. The number of piperidine rings is 1. The van der Waals surface area contributed by atoms with E-state index in [-0.39, 0.29) is 18.2 Å². The quantitative estimate of drug-likeness (QED) is 0.924. The summed E-state index contributed by atoms with van der Waals surface area (Å²) in [5.74, 6) is 0.183. The van der Waals surface area contributed by atoms with E-state index in [4.69, 9.17) is 9.84 Å². The molecule has 0 saturated carbocycles. The summed E-state index contributed by atoms with van der Waals surface area (Å²) in [6.45, 7) is 3.15. The van der Waals surface area contributed by atoms with E-state index >= 15 is 0 Å². The van der Waals surface area contributed by atoms with Crippen molar-refractivity contribution in [1.82, 2.24) is 4.90 Å². The normalized spacial score (nSPS) is 15.8. The van der Waals surface area contributed by atoms with Gasteiger partial charge in [0, 0.05) is 25.1 Å². The Labute approximate surface area is 124 Å². The van der Waals surface area contributed by atoms with Crippen molar-refractivity contribution in [3.8, 4) is 5.75 Å². The number of likely N-dealkylation sites (tertiary alicyclic amines) is 1. The van der Waals surface area contributed by atoms with Crippen molar-refractivity contribution in [3.05, 3.63) is 29.3 Å². The number of aliphatic carboxylic acids is 1. The molecule has 1 amide bonds. The Hall–Kier alpha value is -2.04. The predicted octanol–water partition coefficient (Wildman–Crippen LogP) is 2.33. The van der Waals surface area contributed by atoms with Crippen LogP contribution in [0, 0.1) is 12.8 Å². The number of amides is 1. The van der Waals surface area contributed by atoms with Crippen LogP contribution in [0.3, 0.4) is 0 Å². The summed E-state index contributed by atoms with van der Waals surface area (Å²) in [4.78, 5) is 25.0. The van der Waals surface area contributed by atoms with Gasteiger partial charge in [-0.25, -0.2) is 0 Å². The third-order valence-electron chi connectivity index (χ3n) is 4.03. The first-order chi connectivity index (χ1) is 10.0. The Morgan fingerprint density at radius 3 is 2.52 bits per heavy atom. The van der Waals surface area contributed by atoms with Gasteiger partial charge in [0.25, 0.3) is 5.91 Å². The van der Waals surface area contributed by atoms with Gasteiger partial charge < -0.3 is 14.7 Å². The van der Waals surface area contributed by atoms with Gasteiger partial charge in [0.1, 0.15) is 5.75 Å². The highest BCUT2D eigenvalue weighted by molar-refractivity contribution is 5.95. The summed E-state index contributed by atoms with van der Waals surface area (Å²) in [7, 11) is 1.60. The van der Waals surface area contributed by atoms with Gasteiger partial charge in [0.05, 0.1) is 7.11 Å². The minimum atomic E-state index is -0.759. The number of carbonyl (C=O) groups is 2. The fourth-order valence-electron chi connectivity index (χ4n) is 2.76. The van der Waals surface area contributed by atoms with Crippen molar-refractivity contribution in [3.63, 3.8) is 0 Å². The van der Waals surface area contributed by atoms with Gasteiger partial charge in [0.2, 0.25) is 0 Å². The molecule has 1 N–H and O–H groups in total. The zero-order chi connectivity index (χ0) is 15.4. The van der Waals surface area contributed by atoms with Crippen LogP contribution in [0.2, 0.25) is 0 Å². The lowest BCUT2D eigenvalue weighted by molar-refractivity contribution is -0.138. The molecule has 1 fully saturated rings. The van der Waals surface area contributed by atoms with Crippen molar-refractivity contribution < 1.29 is 19.4 Å². The van der Waals surface area contributed by atoms with E-state index in [1.807, 2.05) is 17.9 Å². The first-order valence-corrected chi connectivity index (χ1v) is 7.17. The summed E-state index contributed by atoms with van der Waals surface area (Å²) in [6, 6.07) is 5.43. The van der Waals surface area contributed by atoms with Gasteiger partial charge in [-0.05, 0) is 49.4 Å². The minimum Gasteiger partial charge on any atom is -0.497 e. The molecule has 0 spiro atoms. The number of nitrogens with zero attached hydrogens (tertiary/aromatic N) is 1. The monoisotopic (exact) mass is 291 g/mol. The van der Waals surface area contributed by atoms with Crippen LogP contribution >= 0.6 is 0 Å². The van der Waals surface area contributed by atoms with Gasteiger partial charge in [-0.3, -0.25) is 9.59 Å². The number of hydrogen-bond acceptors (Lipinski definition) is 3. The number of rotatable bonds is 4.